The van der Waals surface area contributed by atoms with E-state index in [1.807, 2.05) is 0 Å². The average Bonchev–Trinajstić information content (AvgIpc) is 3.36. The van der Waals surface area contributed by atoms with Crippen molar-refractivity contribution >= 4 is 17.4 Å². The molecule has 4 rings (SSSR count). The van der Waals surface area contributed by atoms with Crippen LogP contribution in [0.25, 0.3) is 16.0 Å². The number of primary amides is 1. The van der Waals surface area contributed by atoms with Gasteiger partial charge in [0.15, 0.2) is 0 Å². The molecule has 0 bridgehead atoms. The predicted molar refractivity (Wildman–Crippen MR) is 124 cm³/mol. The lowest BCUT2D eigenvalue weighted by Gasteiger charge is -2.15. The molecular weight excluding hydrogens is 434 g/mol. The molecule has 9 heteroatoms. The van der Waals surface area contributed by atoms with Crippen LogP contribution in [0.15, 0.2) is 48.5 Å². The predicted octanol–water partition coefficient (Wildman–Crippen LogP) is 3.60. The molecule has 1 fully saturated rings. The summed E-state index contributed by atoms with van der Waals surface area (Å²) in [5.74, 6) is 0.0529. The van der Waals surface area contributed by atoms with Crippen molar-refractivity contribution in [2.45, 2.75) is 19.1 Å². The number of pyridine rings is 1. The number of nitriles is 1. The Labute approximate surface area is 196 Å². The number of hydrogen-bond acceptors (Lipinski definition) is 7. The molecule has 1 amide bonds. The molecule has 1 saturated heterocycles. The number of hydrogen-bond donors (Lipinski definition) is 2. The van der Waals surface area contributed by atoms with Crippen molar-refractivity contribution in [2.75, 3.05) is 18.9 Å². The van der Waals surface area contributed by atoms with Gasteiger partial charge in [-0.25, -0.2) is 9.83 Å². The summed E-state index contributed by atoms with van der Waals surface area (Å²) < 4.78 is 17.0. The van der Waals surface area contributed by atoms with Crippen LogP contribution in [0.5, 0.6) is 11.6 Å². The maximum atomic E-state index is 11.4. The van der Waals surface area contributed by atoms with Crippen LogP contribution in [0.4, 0.5) is 11.5 Å². The van der Waals surface area contributed by atoms with Crippen LogP contribution in [0.2, 0.25) is 0 Å². The first kappa shape index (κ1) is 22.6. The van der Waals surface area contributed by atoms with E-state index in [1.54, 1.807) is 48.5 Å². The van der Waals surface area contributed by atoms with Crippen LogP contribution in [0, 0.1) is 17.9 Å². The molecule has 9 nitrogen and oxygen atoms in total. The quantitative estimate of drug-likeness (QED) is 0.519. The van der Waals surface area contributed by atoms with Crippen LogP contribution in [0.3, 0.4) is 0 Å². The highest BCUT2D eigenvalue weighted by atomic mass is 16.5. The van der Waals surface area contributed by atoms with Crippen LogP contribution in [0.1, 0.15) is 27.9 Å². The highest BCUT2D eigenvalue weighted by Crippen LogP contribution is 2.41. The zero-order chi connectivity index (χ0) is 24.1. The molecule has 0 saturated carbocycles. The zero-order valence-electron chi connectivity index (χ0n) is 18.2. The second-order valence-electron chi connectivity index (χ2n) is 7.61. The summed E-state index contributed by atoms with van der Waals surface area (Å²) >= 11 is 0. The van der Waals surface area contributed by atoms with Gasteiger partial charge in [0.25, 0.3) is 0 Å². The first-order chi connectivity index (χ1) is 16.5. The third kappa shape index (κ3) is 4.75. The van der Waals surface area contributed by atoms with E-state index in [-0.39, 0.29) is 35.7 Å². The summed E-state index contributed by atoms with van der Waals surface area (Å²) in [6, 6.07) is 15.8. The lowest BCUT2D eigenvalue weighted by atomic mass is 9.99. The number of rotatable bonds is 7. The molecule has 0 spiro atoms. The van der Waals surface area contributed by atoms with E-state index in [0.717, 1.165) is 6.42 Å². The van der Waals surface area contributed by atoms with Gasteiger partial charge in [-0.3, -0.25) is 4.79 Å². The van der Waals surface area contributed by atoms with Crippen LogP contribution >= 0.6 is 0 Å². The van der Waals surface area contributed by atoms with Crippen LogP contribution in [-0.4, -0.2) is 30.2 Å². The summed E-state index contributed by atoms with van der Waals surface area (Å²) in [6.45, 7) is 8.83. The Morgan fingerprint density at radius 2 is 2.09 bits per heavy atom. The fourth-order valence-corrected chi connectivity index (χ4v) is 3.64. The van der Waals surface area contributed by atoms with Crippen molar-refractivity contribution in [1.82, 2.24) is 4.98 Å². The monoisotopic (exact) mass is 455 g/mol. The van der Waals surface area contributed by atoms with Crippen molar-refractivity contribution in [3.8, 4) is 28.8 Å². The Bertz CT molecular complexity index is 1300. The number of nitrogens with zero attached hydrogens (tertiary/aromatic N) is 3. The molecule has 2 heterocycles. The van der Waals surface area contributed by atoms with Crippen molar-refractivity contribution in [2.24, 2.45) is 5.73 Å². The third-order valence-corrected chi connectivity index (χ3v) is 5.31. The highest BCUT2D eigenvalue weighted by Gasteiger charge is 2.22. The van der Waals surface area contributed by atoms with Gasteiger partial charge in [-0.15, -0.1) is 0 Å². The number of anilines is 1. The highest BCUT2D eigenvalue weighted by molar-refractivity contribution is 5.93. The number of ether oxygens (including phenoxy) is 3. The third-order valence-electron chi connectivity index (χ3n) is 5.31. The van der Waals surface area contributed by atoms with E-state index in [9.17, 15) is 10.1 Å². The smallest absolute Gasteiger partial charge is 0.248 e. The van der Waals surface area contributed by atoms with Gasteiger partial charge in [-0.2, -0.15) is 5.26 Å². The van der Waals surface area contributed by atoms with Crippen molar-refractivity contribution < 1.29 is 19.0 Å². The molecule has 3 aromatic rings. The average molecular weight is 455 g/mol. The van der Waals surface area contributed by atoms with Crippen molar-refractivity contribution in [3.05, 3.63) is 76.6 Å². The van der Waals surface area contributed by atoms with Crippen LogP contribution < -0.4 is 20.9 Å². The normalized spacial score (nSPS) is 14.7. The largest absolute Gasteiger partial charge is 0.488 e. The van der Waals surface area contributed by atoms with Crippen molar-refractivity contribution in [1.29, 1.82) is 5.26 Å². The Balaban J connectivity index is 1.66. The number of aromatic nitrogens is 1. The van der Waals surface area contributed by atoms with Gasteiger partial charge in [0.2, 0.25) is 17.5 Å². The van der Waals surface area contributed by atoms with E-state index in [0.29, 0.717) is 41.2 Å². The molecule has 2 aromatic carbocycles. The summed E-state index contributed by atoms with van der Waals surface area (Å²) in [5.41, 5.74) is 13.5. The van der Waals surface area contributed by atoms with Gasteiger partial charge in [0.05, 0.1) is 19.8 Å². The Morgan fingerprint density at radius 3 is 2.74 bits per heavy atom. The number of nitrogen functional groups attached to an aromatic ring is 1. The molecule has 1 aromatic heterocycles. The van der Waals surface area contributed by atoms with E-state index in [2.05, 4.69) is 15.9 Å². The molecule has 0 radical (unpaired) electrons. The summed E-state index contributed by atoms with van der Waals surface area (Å²) in [7, 11) is 0. The SMILES string of the molecule is [C-]#[N+]c1c(N)nc(OCc2cccc(C(N)=O)c2)c(C#N)c1-c1ccc(OC2CCOC2)cc1. The minimum Gasteiger partial charge on any atom is -0.488 e. The summed E-state index contributed by atoms with van der Waals surface area (Å²) in [6.07, 6.45) is 0.829. The van der Waals surface area contributed by atoms with E-state index in [4.69, 9.17) is 32.3 Å². The van der Waals surface area contributed by atoms with Gasteiger partial charge in [-0.05, 0) is 35.4 Å². The molecular formula is C25H21N5O4. The molecule has 34 heavy (non-hydrogen) atoms. The molecule has 1 aliphatic rings. The van der Waals surface area contributed by atoms with Crippen LogP contribution in [-0.2, 0) is 11.3 Å². The zero-order valence-corrected chi connectivity index (χ0v) is 18.2. The van der Waals surface area contributed by atoms with Crippen molar-refractivity contribution in [3.63, 3.8) is 0 Å². The fourth-order valence-electron chi connectivity index (χ4n) is 3.64. The maximum Gasteiger partial charge on any atom is 0.248 e. The summed E-state index contributed by atoms with van der Waals surface area (Å²) in [5, 5.41) is 9.92. The lowest BCUT2D eigenvalue weighted by molar-refractivity contribution is 0.1000. The lowest BCUT2D eigenvalue weighted by Crippen LogP contribution is -2.15. The Morgan fingerprint density at radius 1 is 1.29 bits per heavy atom. The second kappa shape index (κ2) is 9.90. The van der Waals surface area contributed by atoms with E-state index < -0.39 is 5.91 Å². The van der Waals surface area contributed by atoms with Gasteiger partial charge in [0.1, 0.15) is 35.9 Å². The number of carbonyl (C=O) groups is 1. The van der Waals surface area contributed by atoms with Gasteiger partial charge in [-0.1, -0.05) is 24.3 Å². The molecule has 0 aliphatic carbocycles. The number of amides is 1. The molecule has 1 atom stereocenters. The molecule has 4 N–H and O–H groups in total. The van der Waals surface area contributed by atoms with E-state index in [1.165, 1.54) is 0 Å². The van der Waals surface area contributed by atoms with Gasteiger partial charge in [0, 0.05) is 17.5 Å². The standard InChI is InChI=1S/C25H21N5O4/c1-29-22-21(16-5-7-18(8-6-16)34-19-9-10-32-14-19)20(12-26)25(30-23(22)27)33-13-15-3-2-4-17(11-15)24(28)31/h2-8,11,19H,9-10,13-14H2,(H2,27,30)(H2,28,31). The molecule has 170 valence electrons. The minimum absolute atomic E-state index is 0.00367. The number of nitrogens with two attached hydrogens (primary N) is 2. The van der Waals surface area contributed by atoms with Gasteiger partial charge >= 0.3 is 0 Å². The first-order valence-corrected chi connectivity index (χ1v) is 10.5. The Hall–Kier alpha value is -4.60. The maximum absolute atomic E-state index is 11.4. The summed E-state index contributed by atoms with van der Waals surface area (Å²) in [4.78, 5) is 19.1. The Kier molecular flexibility index (Phi) is 6.58. The number of carbonyl (C=O) groups excluding carboxylic acids is 1. The number of benzene rings is 2. The van der Waals surface area contributed by atoms with E-state index >= 15 is 0 Å². The molecule has 1 unspecified atom stereocenters. The van der Waals surface area contributed by atoms with Gasteiger partial charge < -0.3 is 25.7 Å². The topological polar surface area (TPSA) is 138 Å². The first-order valence-electron chi connectivity index (χ1n) is 10.5. The second-order valence-corrected chi connectivity index (χ2v) is 7.61. The minimum atomic E-state index is -0.557. The fraction of sp³-hybridized carbons (Fsp3) is 0.200. The molecule has 1 aliphatic heterocycles.